The number of benzene rings is 3. The molecule has 33 heavy (non-hydrogen) atoms. The van der Waals surface area contributed by atoms with E-state index in [0.717, 1.165) is 39.1 Å². The SMILES string of the molecule is COc1cccc(/C(Br)=C/C(=C/C(Br)c2cccc(OC)c2)c2ccc(C(F)(F)F)cc2)c1. The second-order valence-electron chi connectivity index (χ2n) is 7.10. The zero-order chi connectivity index (χ0) is 24.0. The molecule has 0 aromatic heterocycles. The van der Waals surface area contributed by atoms with Crippen LogP contribution in [0, 0.1) is 0 Å². The molecule has 0 saturated carbocycles. The summed E-state index contributed by atoms with van der Waals surface area (Å²) in [5.41, 5.74) is 2.52. The normalized spacial score (nSPS) is 13.5. The average Bonchev–Trinajstić information content (AvgIpc) is 2.83. The van der Waals surface area contributed by atoms with Gasteiger partial charge in [-0.25, -0.2) is 0 Å². The Morgan fingerprint density at radius 3 is 2.06 bits per heavy atom. The molecule has 1 unspecified atom stereocenters. The molecule has 0 aliphatic heterocycles. The quantitative estimate of drug-likeness (QED) is 0.205. The lowest BCUT2D eigenvalue weighted by atomic mass is 9.99. The van der Waals surface area contributed by atoms with E-state index in [1.165, 1.54) is 12.1 Å². The fourth-order valence-corrected chi connectivity index (χ4v) is 4.20. The van der Waals surface area contributed by atoms with Gasteiger partial charge in [0, 0.05) is 4.48 Å². The summed E-state index contributed by atoms with van der Waals surface area (Å²) in [6.07, 6.45) is -0.567. The number of alkyl halides is 4. The van der Waals surface area contributed by atoms with E-state index in [9.17, 15) is 13.2 Å². The van der Waals surface area contributed by atoms with Crippen LogP contribution in [0.5, 0.6) is 11.5 Å². The maximum absolute atomic E-state index is 13.1. The molecule has 0 N–H and O–H groups in total. The molecule has 0 aliphatic rings. The van der Waals surface area contributed by atoms with Crippen molar-refractivity contribution in [2.75, 3.05) is 14.2 Å². The lowest BCUT2D eigenvalue weighted by Crippen LogP contribution is -2.04. The fraction of sp³-hybridized carbons (Fsp3) is 0.154. The predicted molar refractivity (Wildman–Crippen MR) is 134 cm³/mol. The molecule has 3 aromatic rings. The van der Waals surface area contributed by atoms with Crippen LogP contribution in [-0.2, 0) is 6.18 Å². The van der Waals surface area contributed by atoms with Crippen LogP contribution in [0.1, 0.15) is 27.1 Å². The second kappa shape index (κ2) is 11.1. The van der Waals surface area contributed by atoms with Crippen LogP contribution in [0.3, 0.4) is 0 Å². The lowest BCUT2D eigenvalue weighted by Gasteiger charge is -2.13. The lowest BCUT2D eigenvalue weighted by molar-refractivity contribution is -0.137. The van der Waals surface area contributed by atoms with Crippen molar-refractivity contribution in [3.05, 3.63) is 107 Å². The molecule has 0 amide bonds. The summed E-state index contributed by atoms with van der Waals surface area (Å²) in [5.74, 6) is 1.42. The Hall–Kier alpha value is -2.51. The first kappa shape index (κ1) is 25.1. The maximum atomic E-state index is 13.1. The Balaban J connectivity index is 2.06. The molecular weight excluding hydrogens is 561 g/mol. The second-order valence-corrected chi connectivity index (χ2v) is 8.94. The van der Waals surface area contributed by atoms with Crippen LogP contribution in [0.25, 0.3) is 10.1 Å². The van der Waals surface area contributed by atoms with Crippen LogP contribution in [-0.4, -0.2) is 14.2 Å². The third-order valence-corrected chi connectivity index (χ3v) is 6.39. The molecule has 0 aliphatic carbocycles. The Morgan fingerprint density at radius 2 is 1.45 bits per heavy atom. The van der Waals surface area contributed by atoms with Gasteiger partial charge in [-0.3, -0.25) is 0 Å². The Morgan fingerprint density at radius 1 is 0.848 bits per heavy atom. The van der Waals surface area contributed by atoms with Crippen molar-refractivity contribution in [2.24, 2.45) is 0 Å². The summed E-state index contributed by atoms with van der Waals surface area (Å²) < 4.78 is 50.5. The van der Waals surface area contributed by atoms with E-state index in [2.05, 4.69) is 31.9 Å². The zero-order valence-corrected chi connectivity index (χ0v) is 21.0. The summed E-state index contributed by atoms with van der Waals surface area (Å²) in [4.78, 5) is -0.202. The van der Waals surface area contributed by atoms with Gasteiger partial charge in [-0.2, -0.15) is 13.2 Å². The molecule has 7 heteroatoms. The molecule has 0 radical (unpaired) electrons. The van der Waals surface area contributed by atoms with Gasteiger partial charge < -0.3 is 9.47 Å². The number of ether oxygens (including phenoxy) is 2. The van der Waals surface area contributed by atoms with E-state index >= 15 is 0 Å². The van der Waals surface area contributed by atoms with Gasteiger partial charge in [0.25, 0.3) is 0 Å². The highest BCUT2D eigenvalue weighted by Crippen LogP contribution is 2.35. The standard InChI is InChI=1S/C26H21Br2F3O2/c1-32-22-7-3-5-18(13-22)24(27)15-20(17-9-11-21(12-10-17)26(29,30)31)16-25(28)19-6-4-8-23(14-19)33-2/h3-16,24H,1-2H3/b20-15-,25-16-. The summed E-state index contributed by atoms with van der Waals surface area (Å²) in [6, 6.07) is 20.2. The van der Waals surface area contributed by atoms with Crippen molar-refractivity contribution in [1.29, 1.82) is 0 Å². The van der Waals surface area contributed by atoms with Gasteiger partial charge in [0.2, 0.25) is 0 Å². The maximum Gasteiger partial charge on any atom is 0.416 e. The Bertz CT molecular complexity index is 1150. The van der Waals surface area contributed by atoms with Crippen LogP contribution in [0.4, 0.5) is 13.2 Å². The molecule has 0 fully saturated rings. The van der Waals surface area contributed by atoms with E-state index in [4.69, 9.17) is 9.47 Å². The number of allylic oxidation sites excluding steroid dienone is 3. The number of hydrogen-bond acceptors (Lipinski definition) is 2. The van der Waals surface area contributed by atoms with Gasteiger partial charge in [0.1, 0.15) is 11.5 Å². The third-order valence-electron chi connectivity index (χ3n) is 4.91. The van der Waals surface area contributed by atoms with Crippen molar-refractivity contribution in [3.8, 4) is 11.5 Å². The van der Waals surface area contributed by atoms with E-state index in [1.54, 1.807) is 14.2 Å². The van der Waals surface area contributed by atoms with Crippen LogP contribution in [0.2, 0.25) is 0 Å². The van der Waals surface area contributed by atoms with Crippen LogP contribution in [0.15, 0.2) is 84.9 Å². The Kier molecular flexibility index (Phi) is 8.43. The molecule has 2 nitrogen and oxygen atoms in total. The molecule has 3 rings (SSSR count). The molecular formula is C26H21Br2F3O2. The smallest absolute Gasteiger partial charge is 0.416 e. The number of halogens is 5. The fourth-order valence-electron chi connectivity index (χ4n) is 3.14. The van der Waals surface area contributed by atoms with Gasteiger partial charge in [0.05, 0.1) is 24.6 Å². The monoisotopic (exact) mass is 580 g/mol. The number of methoxy groups -OCH3 is 2. The first-order chi connectivity index (χ1) is 15.7. The van der Waals surface area contributed by atoms with Gasteiger partial charge in [-0.1, -0.05) is 74.3 Å². The molecule has 1 atom stereocenters. The van der Waals surface area contributed by atoms with E-state index in [0.29, 0.717) is 11.3 Å². The molecule has 0 heterocycles. The van der Waals surface area contributed by atoms with E-state index in [-0.39, 0.29) is 4.83 Å². The summed E-state index contributed by atoms with van der Waals surface area (Å²) >= 11 is 7.30. The van der Waals surface area contributed by atoms with Crippen molar-refractivity contribution < 1.29 is 22.6 Å². The van der Waals surface area contributed by atoms with Crippen LogP contribution >= 0.6 is 31.9 Å². The number of rotatable bonds is 7. The summed E-state index contributed by atoms with van der Waals surface area (Å²) in [6.45, 7) is 0. The minimum Gasteiger partial charge on any atom is -0.497 e. The van der Waals surface area contributed by atoms with Crippen LogP contribution < -0.4 is 9.47 Å². The van der Waals surface area contributed by atoms with Gasteiger partial charge in [0.15, 0.2) is 0 Å². The first-order valence-corrected chi connectivity index (χ1v) is 11.6. The van der Waals surface area contributed by atoms with Crippen molar-refractivity contribution >= 4 is 41.9 Å². The Labute approximate surface area is 208 Å². The van der Waals surface area contributed by atoms with Gasteiger partial charge >= 0.3 is 6.18 Å². The molecule has 0 bridgehead atoms. The van der Waals surface area contributed by atoms with E-state index < -0.39 is 11.7 Å². The van der Waals surface area contributed by atoms with Crippen molar-refractivity contribution in [2.45, 2.75) is 11.0 Å². The summed E-state index contributed by atoms with van der Waals surface area (Å²) in [7, 11) is 3.19. The van der Waals surface area contributed by atoms with Crippen molar-refractivity contribution in [1.82, 2.24) is 0 Å². The molecule has 3 aromatic carbocycles. The minimum atomic E-state index is -4.39. The molecule has 0 saturated heterocycles. The molecule has 0 spiro atoms. The average molecular weight is 582 g/mol. The zero-order valence-electron chi connectivity index (χ0n) is 17.9. The summed E-state index contributed by atoms with van der Waals surface area (Å²) in [5, 5.41) is 0. The van der Waals surface area contributed by atoms with Crippen molar-refractivity contribution in [3.63, 3.8) is 0 Å². The highest BCUT2D eigenvalue weighted by Gasteiger charge is 2.30. The third kappa shape index (κ3) is 6.74. The van der Waals surface area contributed by atoms with E-state index in [1.807, 2.05) is 60.7 Å². The first-order valence-electron chi connectivity index (χ1n) is 9.90. The predicted octanol–water partition coefficient (Wildman–Crippen LogP) is 8.68. The number of hydrogen-bond donors (Lipinski definition) is 0. The highest BCUT2D eigenvalue weighted by atomic mass is 79.9. The van der Waals surface area contributed by atoms with Gasteiger partial charge in [-0.15, -0.1) is 0 Å². The largest absolute Gasteiger partial charge is 0.497 e. The highest BCUT2D eigenvalue weighted by molar-refractivity contribution is 9.15. The van der Waals surface area contributed by atoms with Gasteiger partial charge in [-0.05, 0) is 64.7 Å². The minimum absolute atomic E-state index is 0.202. The topological polar surface area (TPSA) is 18.5 Å². The molecule has 172 valence electrons.